The van der Waals surface area contributed by atoms with Crippen molar-refractivity contribution in [2.45, 2.75) is 0 Å². The molecular weight excluding hydrogens is 197 g/mol. The number of rotatable bonds is 3. The van der Waals surface area contributed by atoms with E-state index in [0.717, 1.165) is 19.3 Å². The molecule has 0 bridgehead atoms. The van der Waals surface area contributed by atoms with Crippen molar-refractivity contribution in [1.29, 1.82) is 0 Å². The van der Waals surface area contributed by atoms with E-state index in [1.54, 1.807) is 0 Å². The number of amides is 1. The van der Waals surface area contributed by atoms with Gasteiger partial charge in [0.05, 0.1) is 11.8 Å². The van der Waals surface area contributed by atoms with Gasteiger partial charge in [-0.15, -0.1) is 0 Å². The summed E-state index contributed by atoms with van der Waals surface area (Å²) in [5.74, 6) is -0.266. The van der Waals surface area contributed by atoms with Crippen LogP contribution in [-0.2, 0) is 0 Å². The Labute approximate surface area is 86.9 Å². The van der Waals surface area contributed by atoms with Crippen LogP contribution in [-0.4, -0.2) is 30.5 Å². The van der Waals surface area contributed by atoms with Crippen LogP contribution in [0.4, 0.5) is 4.39 Å². The van der Waals surface area contributed by atoms with E-state index in [9.17, 15) is 9.18 Å². The van der Waals surface area contributed by atoms with E-state index in [4.69, 9.17) is 0 Å². The zero-order valence-corrected chi connectivity index (χ0v) is 8.16. The molecule has 1 aromatic rings. The SMILES string of the molecule is O=C(NCC1CNC1)c1cncc(F)c1. The quantitative estimate of drug-likeness (QED) is 0.746. The summed E-state index contributed by atoms with van der Waals surface area (Å²) in [5, 5.41) is 5.85. The highest BCUT2D eigenvalue weighted by Crippen LogP contribution is 2.03. The fourth-order valence-electron chi connectivity index (χ4n) is 1.37. The first-order valence-electron chi connectivity index (χ1n) is 4.85. The Kier molecular flexibility index (Phi) is 2.91. The summed E-state index contributed by atoms with van der Waals surface area (Å²) >= 11 is 0. The first-order valence-corrected chi connectivity index (χ1v) is 4.85. The summed E-state index contributed by atoms with van der Waals surface area (Å²) in [7, 11) is 0. The Hall–Kier alpha value is -1.49. The predicted molar refractivity (Wildman–Crippen MR) is 52.9 cm³/mol. The monoisotopic (exact) mass is 209 g/mol. The lowest BCUT2D eigenvalue weighted by molar-refractivity contribution is 0.0941. The Morgan fingerprint density at radius 3 is 3.00 bits per heavy atom. The molecule has 0 radical (unpaired) electrons. The van der Waals surface area contributed by atoms with Crippen molar-refractivity contribution in [3.05, 3.63) is 29.8 Å². The number of pyridine rings is 1. The van der Waals surface area contributed by atoms with E-state index in [1.807, 2.05) is 0 Å². The van der Waals surface area contributed by atoms with Crippen LogP contribution >= 0.6 is 0 Å². The van der Waals surface area contributed by atoms with Gasteiger partial charge in [0.1, 0.15) is 5.82 Å². The number of nitrogens with one attached hydrogen (secondary N) is 2. The topological polar surface area (TPSA) is 54.0 Å². The Bertz CT molecular complexity index is 365. The standard InChI is InChI=1S/C10H12FN3O/c11-9-1-8(5-13-6-9)10(15)14-4-7-2-12-3-7/h1,5-7,12H,2-4H2,(H,14,15). The Morgan fingerprint density at radius 1 is 1.60 bits per heavy atom. The highest BCUT2D eigenvalue weighted by Gasteiger charge is 2.17. The minimum atomic E-state index is -0.493. The van der Waals surface area contributed by atoms with Gasteiger partial charge >= 0.3 is 0 Å². The molecule has 4 nitrogen and oxygen atoms in total. The Balaban J connectivity index is 1.89. The molecule has 2 rings (SSSR count). The summed E-state index contributed by atoms with van der Waals surface area (Å²) in [6, 6.07) is 1.18. The molecule has 1 aromatic heterocycles. The molecule has 0 aliphatic carbocycles. The maximum absolute atomic E-state index is 12.8. The minimum Gasteiger partial charge on any atom is -0.352 e. The Morgan fingerprint density at radius 2 is 2.40 bits per heavy atom. The summed E-state index contributed by atoms with van der Waals surface area (Å²) < 4.78 is 12.8. The molecule has 0 saturated carbocycles. The maximum Gasteiger partial charge on any atom is 0.252 e. The highest BCUT2D eigenvalue weighted by atomic mass is 19.1. The van der Waals surface area contributed by atoms with Gasteiger partial charge in [0.2, 0.25) is 0 Å². The third-order valence-corrected chi connectivity index (χ3v) is 2.38. The van der Waals surface area contributed by atoms with Crippen molar-refractivity contribution in [3.63, 3.8) is 0 Å². The molecule has 0 aromatic carbocycles. The van der Waals surface area contributed by atoms with Gasteiger partial charge in [-0.05, 0) is 6.07 Å². The molecule has 80 valence electrons. The van der Waals surface area contributed by atoms with Crippen molar-refractivity contribution >= 4 is 5.91 Å². The lowest BCUT2D eigenvalue weighted by atomic mass is 10.0. The summed E-state index contributed by atoms with van der Waals surface area (Å²) in [6.07, 6.45) is 2.43. The fraction of sp³-hybridized carbons (Fsp3) is 0.400. The average Bonchev–Trinajstić information content (AvgIpc) is 2.15. The smallest absolute Gasteiger partial charge is 0.252 e. The summed E-state index contributed by atoms with van der Waals surface area (Å²) in [5.41, 5.74) is 0.266. The van der Waals surface area contributed by atoms with Gasteiger partial charge in [0.25, 0.3) is 5.91 Å². The third kappa shape index (κ3) is 2.50. The number of carbonyl (C=O) groups excluding carboxylic acids is 1. The molecule has 15 heavy (non-hydrogen) atoms. The predicted octanol–water partition coefficient (Wildman–Crippen LogP) is 0.170. The molecule has 1 amide bonds. The molecule has 0 spiro atoms. The van der Waals surface area contributed by atoms with Crippen molar-refractivity contribution in [1.82, 2.24) is 15.6 Å². The van der Waals surface area contributed by atoms with Gasteiger partial charge < -0.3 is 10.6 Å². The molecule has 2 N–H and O–H groups in total. The van der Waals surface area contributed by atoms with E-state index in [-0.39, 0.29) is 11.5 Å². The van der Waals surface area contributed by atoms with Crippen molar-refractivity contribution in [2.24, 2.45) is 5.92 Å². The highest BCUT2D eigenvalue weighted by molar-refractivity contribution is 5.93. The fourth-order valence-corrected chi connectivity index (χ4v) is 1.37. The van der Waals surface area contributed by atoms with Crippen molar-refractivity contribution < 1.29 is 9.18 Å². The van der Waals surface area contributed by atoms with Crippen LogP contribution in [0.2, 0.25) is 0 Å². The van der Waals surface area contributed by atoms with E-state index in [0.29, 0.717) is 12.5 Å². The molecule has 0 unspecified atom stereocenters. The van der Waals surface area contributed by atoms with Crippen LogP contribution < -0.4 is 10.6 Å². The number of hydrogen-bond acceptors (Lipinski definition) is 3. The van der Waals surface area contributed by atoms with Crippen LogP contribution in [0.25, 0.3) is 0 Å². The molecule has 1 saturated heterocycles. The van der Waals surface area contributed by atoms with Gasteiger partial charge in [0, 0.05) is 31.7 Å². The second-order valence-corrected chi connectivity index (χ2v) is 3.63. The molecule has 0 atom stereocenters. The number of hydrogen-bond donors (Lipinski definition) is 2. The normalized spacial score (nSPS) is 15.8. The summed E-state index contributed by atoms with van der Waals surface area (Å²) in [6.45, 7) is 2.49. The number of halogens is 1. The average molecular weight is 209 g/mol. The van der Waals surface area contributed by atoms with Gasteiger partial charge in [-0.25, -0.2) is 4.39 Å². The van der Waals surface area contributed by atoms with Crippen LogP contribution in [0.15, 0.2) is 18.5 Å². The number of carbonyl (C=O) groups is 1. The number of aromatic nitrogens is 1. The van der Waals surface area contributed by atoms with Crippen molar-refractivity contribution in [3.8, 4) is 0 Å². The van der Waals surface area contributed by atoms with E-state index >= 15 is 0 Å². The van der Waals surface area contributed by atoms with E-state index in [1.165, 1.54) is 12.3 Å². The molecule has 1 aliphatic heterocycles. The zero-order chi connectivity index (χ0) is 10.7. The van der Waals surface area contributed by atoms with Gasteiger partial charge in [0.15, 0.2) is 0 Å². The summed E-state index contributed by atoms with van der Waals surface area (Å²) in [4.78, 5) is 15.1. The lowest BCUT2D eigenvalue weighted by Gasteiger charge is -2.27. The van der Waals surface area contributed by atoms with Crippen LogP contribution in [0.1, 0.15) is 10.4 Å². The maximum atomic E-state index is 12.8. The largest absolute Gasteiger partial charge is 0.352 e. The zero-order valence-electron chi connectivity index (χ0n) is 8.16. The first kappa shape index (κ1) is 10.0. The third-order valence-electron chi connectivity index (χ3n) is 2.38. The lowest BCUT2D eigenvalue weighted by Crippen LogP contribution is -2.48. The molecule has 5 heteroatoms. The second-order valence-electron chi connectivity index (χ2n) is 3.63. The molecule has 2 heterocycles. The van der Waals surface area contributed by atoms with Crippen LogP contribution in [0, 0.1) is 11.7 Å². The molecule has 1 fully saturated rings. The molecular formula is C10H12FN3O. The first-order chi connectivity index (χ1) is 7.25. The van der Waals surface area contributed by atoms with Gasteiger partial charge in [-0.3, -0.25) is 9.78 Å². The van der Waals surface area contributed by atoms with Gasteiger partial charge in [-0.2, -0.15) is 0 Å². The van der Waals surface area contributed by atoms with E-state index in [2.05, 4.69) is 15.6 Å². The van der Waals surface area contributed by atoms with E-state index < -0.39 is 5.82 Å². The van der Waals surface area contributed by atoms with Crippen molar-refractivity contribution in [2.75, 3.05) is 19.6 Å². The van der Waals surface area contributed by atoms with Gasteiger partial charge in [-0.1, -0.05) is 0 Å². The van der Waals surface area contributed by atoms with Crippen LogP contribution in [0.5, 0.6) is 0 Å². The minimum absolute atomic E-state index is 0.266. The number of nitrogens with zero attached hydrogens (tertiary/aromatic N) is 1. The second kappa shape index (κ2) is 4.35. The van der Waals surface area contributed by atoms with Crippen LogP contribution in [0.3, 0.4) is 0 Å². The molecule has 1 aliphatic rings.